The van der Waals surface area contributed by atoms with Crippen LogP contribution >= 0.6 is 23.6 Å². The van der Waals surface area contributed by atoms with E-state index in [1.807, 2.05) is 11.4 Å². The zero-order valence-corrected chi connectivity index (χ0v) is 12.7. The first kappa shape index (κ1) is 14.6. The van der Waals surface area contributed by atoms with Crippen molar-refractivity contribution in [1.29, 1.82) is 0 Å². The summed E-state index contributed by atoms with van der Waals surface area (Å²) in [4.78, 5) is 26.5. The molecule has 0 unspecified atom stereocenters. The number of carbonyl (C=O) groups is 2. The molecule has 1 fully saturated rings. The monoisotopic (exact) mass is 332 g/mol. The summed E-state index contributed by atoms with van der Waals surface area (Å²) < 4.78 is 13.0. The normalized spacial score (nSPS) is 17.0. The number of halogens is 1. The van der Waals surface area contributed by atoms with Crippen LogP contribution in [0.15, 0.2) is 47.4 Å². The van der Waals surface area contributed by atoms with Crippen molar-refractivity contribution < 1.29 is 14.0 Å². The first-order valence-electron chi connectivity index (χ1n) is 6.27. The molecule has 1 saturated heterocycles. The van der Waals surface area contributed by atoms with Gasteiger partial charge in [0, 0.05) is 4.88 Å². The molecule has 0 spiro atoms. The number of amides is 2. The first-order valence-corrected chi connectivity index (χ1v) is 7.55. The number of anilines is 1. The van der Waals surface area contributed by atoms with Gasteiger partial charge in [-0.25, -0.2) is 4.39 Å². The van der Waals surface area contributed by atoms with Gasteiger partial charge in [-0.3, -0.25) is 19.8 Å². The lowest BCUT2D eigenvalue weighted by Crippen LogP contribution is -2.54. The van der Waals surface area contributed by atoms with Gasteiger partial charge in [0.25, 0.3) is 11.8 Å². The van der Waals surface area contributed by atoms with Gasteiger partial charge in [0.05, 0.1) is 5.69 Å². The fraction of sp³-hybridized carbons (Fsp3) is 0. The highest BCUT2D eigenvalue weighted by molar-refractivity contribution is 7.80. The summed E-state index contributed by atoms with van der Waals surface area (Å²) in [6.45, 7) is 0. The van der Waals surface area contributed by atoms with Gasteiger partial charge in [-0.05, 0) is 54.0 Å². The molecule has 1 aromatic heterocycles. The van der Waals surface area contributed by atoms with Gasteiger partial charge < -0.3 is 0 Å². The second-order valence-corrected chi connectivity index (χ2v) is 5.82. The largest absolute Gasteiger partial charge is 0.298 e. The molecule has 0 saturated carbocycles. The SMILES string of the molecule is O=C1NC(=S)N(c2ccc(F)cc2)C(=O)/C1=C/c1cccs1. The third kappa shape index (κ3) is 2.68. The Kier molecular flexibility index (Phi) is 3.82. The van der Waals surface area contributed by atoms with Crippen LogP contribution in [0.4, 0.5) is 10.1 Å². The minimum Gasteiger partial charge on any atom is -0.298 e. The van der Waals surface area contributed by atoms with Crippen LogP contribution in [-0.4, -0.2) is 16.9 Å². The van der Waals surface area contributed by atoms with Gasteiger partial charge in [-0.2, -0.15) is 0 Å². The highest BCUT2D eigenvalue weighted by Gasteiger charge is 2.34. The number of nitrogens with one attached hydrogen (secondary N) is 1. The standard InChI is InChI=1S/C15H9FN2O2S2/c16-9-3-5-10(6-4-9)18-14(20)12(13(19)17-15(18)21)8-11-2-1-7-22-11/h1-8H,(H,17,19,21)/b12-8+. The molecule has 2 amide bonds. The van der Waals surface area contributed by atoms with E-state index in [1.165, 1.54) is 46.6 Å². The zero-order valence-electron chi connectivity index (χ0n) is 11.1. The molecule has 0 aliphatic carbocycles. The fourth-order valence-corrected chi connectivity index (χ4v) is 2.94. The molecule has 3 rings (SSSR count). The van der Waals surface area contributed by atoms with Crippen molar-refractivity contribution in [2.45, 2.75) is 0 Å². The van der Waals surface area contributed by atoms with E-state index in [9.17, 15) is 14.0 Å². The molecule has 7 heteroatoms. The maximum atomic E-state index is 13.0. The molecule has 110 valence electrons. The average molecular weight is 332 g/mol. The second-order valence-electron chi connectivity index (χ2n) is 4.45. The summed E-state index contributed by atoms with van der Waals surface area (Å²) >= 11 is 6.46. The van der Waals surface area contributed by atoms with Crippen molar-refractivity contribution in [3.8, 4) is 0 Å². The first-order chi connectivity index (χ1) is 10.6. The molecule has 22 heavy (non-hydrogen) atoms. The van der Waals surface area contributed by atoms with E-state index in [4.69, 9.17) is 12.2 Å². The molecule has 1 N–H and O–H groups in total. The van der Waals surface area contributed by atoms with Crippen LogP contribution in [0.2, 0.25) is 0 Å². The summed E-state index contributed by atoms with van der Waals surface area (Å²) in [7, 11) is 0. The van der Waals surface area contributed by atoms with Crippen molar-refractivity contribution in [1.82, 2.24) is 5.32 Å². The molecule has 0 atom stereocenters. The van der Waals surface area contributed by atoms with Crippen LogP contribution in [0.1, 0.15) is 4.88 Å². The lowest BCUT2D eigenvalue weighted by Gasteiger charge is -2.28. The predicted molar refractivity (Wildman–Crippen MR) is 86.9 cm³/mol. The zero-order chi connectivity index (χ0) is 15.7. The van der Waals surface area contributed by atoms with Crippen molar-refractivity contribution in [3.05, 3.63) is 58.0 Å². The van der Waals surface area contributed by atoms with Crippen LogP contribution in [-0.2, 0) is 9.59 Å². The molecule has 2 aromatic rings. The summed E-state index contributed by atoms with van der Waals surface area (Å²) in [5.41, 5.74) is 0.383. The molecule has 1 aromatic carbocycles. The molecule has 0 radical (unpaired) electrons. The Balaban J connectivity index is 2.01. The Morgan fingerprint density at radius 3 is 2.55 bits per heavy atom. The molecule has 1 aliphatic heterocycles. The number of hydrogen-bond donors (Lipinski definition) is 1. The van der Waals surface area contributed by atoms with Gasteiger partial charge in [0.15, 0.2) is 5.11 Å². The number of thiocarbonyl (C=S) groups is 1. The van der Waals surface area contributed by atoms with E-state index in [0.717, 1.165) is 4.88 Å². The van der Waals surface area contributed by atoms with E-state index in [0.29, 0.717) is 5.69 Å². The minimum atomic E-state index is -0.540. The summed E-state index contributed by atoms with van der Waals surface area (Å²) in [5.74, 6) is -1.49. The van der Waals surface area contributed by atoms with Crippen LogP contribution in [0.25, 0.3) is 6.08 Å². The topological polar surface area (TPSA) is 49.4 Å². The van der Waals surface area contributed by atoms with Crippen molar-refractivity contribution in [3.63, 3.8) is 0 Å². The molecule has 2 heterocycles. The molecular weight excluding hydrogens is 323 g/mol. The number of hydrogen-bond acceptors (Lipinski definition) is 4. The van der Waals surface area contributed by atoms with Gasteiger partial charge in [-0.15, -0.1) is 11.3 Å². The lowest BCUT2D eigenvalue weighted by atomic mass is 10.1. The second kappa shape index (κ2) is 5.78. The maximum Gasteiger partial charge on any atom is 0.270 e. The van der Waals surface area contributed by atoms with Crippen LogP contribution in [0.3, 0.4) is 0 Å². The Bertz CT molecular complexity index is 782. The van der Waals surface area contributed by atoms with E-state index in [-0.39, 0.29) is 10.7 Å². The maximum absolute atomic E-state index is 13.0. The summed E-state index contributed by atoms with van der Waals surface area (Å²) in [6, 6.07) is 8.94. The van der Waals surface area contributed by atoms with E-state index in [1.54, 1.807) is 6.07 Å². The van der Waals surface area contributed by atoms with E-state index >= 15 is 0 Å². The van der Waals surface area contributed by atoms with Gasteiger partial charge in [0.1, 0.15) is 11.4 Å². The van der Waals surface area contributed by atoms with Crippen LogP contribution in [0.5, 0.6) is 0 Å². The van der Waals surface area contributed by atoms with Crippen molar-refractivity contribution >= 4 is 52.2 Å². The fourth-order valence-electron chi connectivity index (χ4n) is 2.00. The third-order valence-corrected chi connectivity index (χ3v) is 4.12. The summed E-state index contributed by atoms with van der Waals surface area (Å²) in [6.07, 6.45) is 1.51. The molecular formula is C15H9FN2O2S2. The van der Waals surface area contributed by atoms with Gasteiger partial charge in [0.2, 0.25) is 0 Å². The number of carbonyl (C=O) groups excluding carboxylic acids is 2. The Morgan fingerprint density at radius 2 is 1.91 bits per heavy atom. The Morgan fingerprint density at radius 1 is 1.18 bits per heavy atom. The number of rotatable bonds is 2. The van der Waals surface area contributed by atoms with Gasteiger partial charge in [-0.1, -0.05) is 6.07 Å². The predicted octanol–water partition coefficient (Wildman–Crippen LogP) is 2.72. The number of thiophene rings is 1. The Hall–Kier alpha value is -2.38. The molecule has 1 aliphatic rings. The van der Waals surface area contributed by atoms with Gasteiger partial charge >= 0.3 is 0 Å². The number of benzene rings is 1. The lowest BCUT2D eigenvalue weighted by molar-refractivity contribution is -0.122. The number of nitrogens with zero attached hydrogens (tertiary/aromatic N) is 1. The van der Waals surface area contributed by atoms with E-state index < -0.39 is 17.6 Å². The van der Waals surface area contributed by atoms with Crippen LogP contribution < -0.4 is 10.2 Å². The smallest absolute Gasteiger partial charge is 0.270 e. The average Bonchev–Trinajstić information content (AvgIpc) is 2.98. The van der Waals surface area contributed by atoms with Crippen molar-refractivity contribution in [2.24, 2.45) is 0 Å². The molecule has 4 nitrogen and oxygen atoms in total. The quantitative estimate of drug-likeness (QED) is 0.523. The molecule has 0 bridgehead atoms. The van der Waals surface area contributed by atoms with E-state index in [2.05, 4.69) is 5.32 Å². The Labute approximate surface area is 134 Å². The van der Waals surface area contributed by atoms with Crippen molar-refractivity contribution in [2.75, 3.05) is 4.90 Å². The highest BCUT2D eigenvalue weighted by Crippen LogP contribution is 2.23. The minimum absolute atomic E-state index is 0.0135. The third-order valence-electron chi connectivity index (χ3n) is 3.02. The highest BCUT2D eigenvalue weighted by atomic mass is 32.1. The van der Waals surface area contributed by atoms with Crippen LogP contribution in [0, 0.1) is 5.82 Å². The summed E-state index contributed by atoms with van der Waals surface area (Å²) in [5, 5.41) is 4.30.